The Bertz CT molecular complexity index is 1460. The monoisotopic (exact) mass is 476 g/mol. The molecule has 2 N–H and O–H groups in total. The minimum Gasteiger partial charge on any atom is -0.331 e. The van der Waals surface area contributed by atoms with Crippen molar-refractivity contribution in [3.05, 3.63) is 99.0 Å². The van der Waals surface area contributed by atoms with Crippen LogP contribution in [0.5, 0.6) is 0 Å². The molecule has 32 heavy (non-hydrogen) atoms. The van der Waals surface area contributed by atoms with Crippen molar-refractivity contribution in [2.45, 2.75) is 6.42 Å². The van der Waals surface area contributed by atoms with E-state index in [9.17, 15) is 0 Å². The summed E-state index contributed by atoms with van der Waals surface area (Å²) < 4.78 is 2.04. The predicted octanol–water partition coefficient (Wildman–Crippen LogP) is 6.42. The second kappa shape index (κ2) is 9.04. The first kappa shape index (κ1) is 20.6. The first-order valence-corrected chi connectivity index (χ1v) is 11.4. The molecule has 0 atom stereocenters. The van der Waals surface area contributed by atoms with Gasteiger partial charge >= 0.3 is 0 Å². The Morgan fingerprint density at radius 3 is 2.72 bits per heavy atom. The largest absolute Gasteiger partial charge is 0.331 e. The van der Waals surface area contributed by atoms with E-state index in [4.69, 9.17) is 23.8 Å². The minimum atomic E-state index is 0.378. The van der Waals surface area contributed by atoms with Crippen LogP contribution in [-0.4, -0.2) is 26.1 Å². The molecule has 0 aliphatic carbocycles. The van der Waals surface area contributed by atoms with E-state index in [0.717, 1.165) is 16.1 Å². The lowest BCUT2D eigenvalue weighted by Gasteiger charge is -2.06. The number of rotatable bonds is 6. The van der Waals surface area contributed by atoms with Crippen LogP contribution >= 0.6 is 35.2 Å². The molecular weight excluding hydrogens is 460 g/mol. The molecule has 0 aliphatic rings. The number of aromatic nitrogens is 4. The summed E-state index contributed by atoms with van der Waals surface area (Å²) in [4.78, 5) is 5.10. The number of halogens is 1. The predicted molar refractivity (Wildman–Crippen MR) is 134 cm³/mol. The summed E-state index contributed by atoms with van der Waals surface area (Å²) >= 11 is 13.1. The van der Waals surface area contributed by atoms with E-state index in [1.165, 1.54) is 22.1 Å². The number of nitrogens with one attached hydrogen (secondary N) is 2. The first-order chi connectivity index (χ1) is 15.7. The molecule has 0 bridgehead atoms. The molecule has 9 heteroatoms. The van der Waals surface area contributed by atoms with Crippen molar-refractivity contribution in [1.29, 1.82) is 0 Å². The summed E-state index contributed by atoms with van der Waals surface area (Å²) in [6.45, 7) is 0. The summed E-state index contributed by atoms with van der Waals surface area (Å²) in [7, 11) is 0. The van der Waals surface area contributed by atoms with E-state index >= 15 is 0 Å². The van der Waals surface area contributed by atoms with E-state index in [-0.39, 0.29) is 0 Å². The lowest BCUT2D eigenvalue weighted by atomic mass is 10.0. The summed E-state index contributed by atoms with van der Waals surface area (Å²) in [6, 6.07) is 24.3. The van der Waals surface area contributed by atoms with Crippen LogP contribution in [0.25, 0.3) is 10.8 Å². The lowest BCUT2D eigenvalue weighted by molar-refractivity contribution is 0.793. The van der Waals surface area contributed by atoms with Gasteiger partial charge in [-0.15, -0.1) is 0 Å². The third kappa shape index (κ3) is 4.34. The molecule has 0 amide bonds. The SMILES string of the molecule is S=c1[nH]nc(Cc2cccc3ccccc23)n1N=Cc1sc(Nc2ccccc2)nc1Cl. The maximum atomic E-state index is 6.34. The fourth-order valence-electron chi connectivity index (χ4n) is 3.38. The Labute approximate surface area is 198 Å². The fraction of sp³-hybridized carbons (Fsp3) is 0.0435. The number of hydrogen-bond donors (Lipinski definition) is 2. The highest BCUT2D eigenvalue weighted by molar-refractivity contribution is 7.71. The smallest absolute Gasteiger partial charge is 0.216 e. The molecule has 3 aromatic carbocycles. The average molecular weight is 477 g/mol. The normalized spacial score (nSPS) is 11.4. The number of aromatic amines is 1. The van der Waals surface area contributed by atoms with Gasteiger partial charge in [0.1, 0.15) is 0 Å². The van der Waals surface area contributed by atoms with Crippen LogP contribution in [0.4, 0.5) is 10.8 Å². The standard InChI is InChI=1S/C23H17ClN6S2/c24-21-19(32-22(27-21)26-17-10-2-1-3-11-17)14-25-30-20(28-29-23(30)31)13-16-9-6-8-15-7-4-5-12-18(15)16/h1-12,14H,13H2,(H,26,27)(H,29,31). The second-order valence-corrected chi connectivity index (χ2v) is 8.76. The molecular formula is C23H17ClN6S2. The number of thiazole rings is 1. The quantitative estimate of drug-likeness (QED) is 0.219. The highest BCUT2D eigenvalue weighted by Gasteiger charge is 2.11. The Balaban J connectivity index is 1.41. The van der Waals surface area contributed by atoms with Gasteiger partial charge < -0.3 is 5.32 Å². The molecule has 0 aliphatic heterocycles. The van der Waals surface area contributed by atoms with Gasteiger partial charge in [-0.25, -0.2) is 4.98 Å². The van der Waals surface area contributed by atoms with Gasteiger partial charge in [0.05, 0.1) is 11.1 Å². The summed E-state index contributed by atoms with van der Waals surface area (Å²) in [6.07, 6.45) is 2.25. The molecule has 0 saturated carbocycles. The van der Waals surface area contributed by atoms with Gasteiger partial charge in [0.2, 0.25) is 4.77 Å². The number of benzene rings is 3. The summed E-state index contributed by atoms with van der Waals surface area (Å²) in [5.74, 6) is 0.714. The van der Waals surface area contributed by atoms with Crippen molar-refractivity contribution in [3.8, 4) is 0 Å². The zero-order chi connectivity index (χ0) is 21.9. The van der Waals surface area contributed by atoms with Gasteiger partial charge in [-0.2, -0.15) is 14.9 Å². The van der Waals surface area contributed by atoms with E-state index in [2.05, 4.69) is 49.9 Å². The number of para-hydroxylation sites is 1. The van der Waals surface area contributed by atoms with Gasteiger partial charge in [-0.05, 0) is 40.7 Å². The Morgan fingerprint density at radius 1 is 1.06 bits per heavy atom. The maximum Gasteiger partial charge on any atom is 0.216 e. The molecule has 0 unspecified atom stereocenters. The molecule has 2 aromatic heterocycles. The Kier molecular flexibility index (Phi) is 5.81. The number of fused-ring (bicyclic) bond motifs is 1. The van der Waals surface area contributed by atoms with Crippen LogP contribution in [0.15, 0.2) is 77.9 Å². The van der Waals surface area contributed by atoms with E-state index in [1.807, 2.05) is 48.5 Å². The van der Waals surface area contributed by atoms with Crippen LogP contribution in [0.2, 0.25) is 5.15 Å². The molecule has 0 spiro atoms. The number of H-pyrrole nitrogens is 1. The van der Waals surface area contributed by atoms with Crippen LogP contribution in [0, 0.1) is 4.77 Å². The van der Waals surface area contributed by atoms with Gasteiger partial charge in [-0.3, -0.25) is 5.10 Å². The first-order valence-electron chi connectivity index (χ1n) is 9.83. The average Bonchev–Trinajstić information content (AvgIpc) is 3.34. The Hall–Kier alpha value is -3.33. The highest BCUT2D eigenvalue weighted by atomic mass is 35.5. The molecule has 0 fully saturated rings. The van der Waals surface area contributed by atoms with Crippen molar-refractivity contribution in [3.63, 3.8) is 0 Å². The number of anilines is 2. The third-order valence-electron chi connectivity index (χ3n) is 4.87. The van der Waals surface area contributed by atoms with Crippen molar-refractivity contribution in [2.75, 3.05) is 5.32 Å². The Morgan fingerprint density at radius 2 is 1.84 bits per heavy atom. The van der Waals surface area contributed by atoms with E-state index in [0.29, 0.717) is 27.3 Å². The topological polar surface area (TPSA) is 70.9 Å². The lowest BCUT2D eigenvalue weighted by Crippen LogP contribution is -2.01. The zero-order valence-corrected chi connectivity index (χ0v) is 19.1. The van der Waals surface area contributed by atoms with E-state index in [1.54, 1.807) is 10.9 Å². The summed E-state index contributed by atoms with van der Waals surface area (Å²) in [5.41, 5.74) is 2.09. The molecule has 6 nitrogen and oxygen atoms in total. The van der Waals surface area contributed by atoms with Gasteiger partial charge in [0.25, 0.3) is 0 Å². The van der Waals surface area contributed by atoms with Crippen molar-refractivity contribution in [1.82, 2.24) is 19.9 Å². The number of hydrogen-bond acceptors (Lipinski definition) is 6. The molecule has 158 valence electrons. The van der Waals surface area contributed by atoms with Gasteiger partial charge in [-0.1, -0.05) is 83.6 Å². The van der Waals surface area contributed by atoms with Crippen molar-refractivity contribution >= 4 is 63.0 Å². The highest BCUT2D eigenvalue weighted by Crippen LogP contribution is 2.28. The van der Waals surface area contributed by atoms with Gasteiger partial charge in [0.15, 0.2) is 16.1 Å². The molecule has 0 saturated heterocycles. The van der Waals surface area contributed by atoms with Crippen molar-refractivity contribution < 1.29 is 0 Å². The fourth-order valence-corrected chi connectivity index (χ4v) is 4.62. The van der Waals surface area contributed by atoms with Crippen LogP contribution in [0.1, 0.15) is 16.3 Å². The third-order valence-corrected chi connectivity index (χ3v) is 6.44. The molecule has 5 aromatic rings. The van der Waals surface area contributed by atoms with Crippen molar-refractivity contribution in [2.24, 2.45) is 5.10 Å². The summed E-state index contributed by atoms with van der Waals surface area (Å²) in [5, 5.41) is 18.5. The van der Waals surface area contributed by atoms with Crippen LogP contribution < -0.4 is 5.32 Å². The van der Waals surface area contributed by atoms with Gasteiger partial charge in [0, 0.05) is 12.1 Å². The van der Waals surface area contributed by atoms with Crippen LogP contribution in [-0.2, 0) is 6.42 Å². The number of nitrogens with zero attached hydrogens (tertiary/aromatic N) is 4. The zero-order valence-electron chi connectivity index (χ0n) is 16.7. The molecule has 0 radical (unpaired) electrons. The van der Waals surface area contributed by atoms with Crippen LogP contribution in [0.3, 0.4) is 0 Å². The second-order valence-electron chi connectivity index (χ2n) is 6.98. The van der Waals surface area contributed by atoms with E-state index < -0.39 is 0 Å². The molecule has 5 rings (SSSR count). The minimum absolute atomic E-state index is 0.378. The maximum absolute atomic E-state index is 6.34. The molecule has 2 heterocycles.